The fourth-order valence-corrected chi connectivity index (χ4v) is 3.21. The Morgan fingerprint density at radius 1 is 0.720 bits per heavy atom. The molecule has 0 bridgehead atoms. The second-order valence-corrected chi connectivity index (χ2v) is 6.37. The summed E-state index contributed by atoms with van der Waals surface area (Å²) in [4.78, 5) is 4.41. The van der Waals surface area contributed by atoms with Crippen molar-refractivity contribution in [2.45, 2.75) is 0 Å². The molecule has 0 fully saturated rings. The highest BCUT2D eigenvalue weighted by atomic mass is 32.1. The van der Waals surface area contributed by atoms with Gasteiger partial charge in [0.05, 0.1) is 11.4 Å². The number of rotatable bonds is 4. The number of thiazole rings is 1. The van der Waals surface area contributed by atoms with E-state index >= 15 is 0 Å². The van der Waals surface area contributed by atoms with Gasteiger partial charge in [0.1, 0.15) is 5.01 Å². The first kappa shape index (κ1) is 15.4. The maximum atomic E-state index is 4.48. The maximum absolute atomic E-state index is 4.48. The minimum absolute atomic E-state index is 0.838. The lowest BCUT2D eigenvalue weighted by atomic mass is 10.0. The fraction of sp³-hybridized carbons (Fsp3) is 0. The van der Waals surface area contributed by atoms with Crippen LogP contribution >= 0.6 is 11.3 Å². The highest BCUT2D eigenvalue weighted by Gasteiger charge is 2.09. The molecule has 0 atom stereocenters. The van der Waals surface area contributed by atoms with Crippen LogP contribution < -0.4 is 0 Å². The van der Waals surface area contributed by atoms with Gasteiger partial charge in [-0.3, -0.25) is 0 Å². The summed E-state index contributed by atoms with van der Waals surface area (Å²) in [5, 5.41) is 11.8. The molecule has 25 heavy (non-hydrogen) atoms. The second-order valence-electron chi connectivity index (χ2n) is 5.47. The molecular weight excluding hydrogens is 326 g/mol. The van der Waals surface area contributed by atoms with Gasteiger partial charge in [0.2, 0.25) is 0 Å². The predicted molar refractivity (Wildman–Crippen MR) is 104 cm³/mol. The van der Waals surface area contributed by atoms with Crippen molar-refractivity contribution in [2.24, 2.45) is 10.2 Å². The molecule has 0 saturated carbocycles. The van der Waals surface area contributed by atoms with Crippen molar-refractivity contribution in [1.82, 2.24) is 4.98 Å². The Morgan fingerprint density at radius 2 is 1.48 bits per heavy atom. The Bertz CT molecular complexity index is 978. The number of aromatic nitrogens is 1. The van der Waals surface area contributed by atoms with Crippen LogP contribution in [0.25, 0.3) is 21.7 Å². The summed E-state index contributed by atoms with van der Waals surface area (Å²) >= 11 is 1.63. The zero-order valence-corrected chi connectivity index (χ0v) is 14.2. The Labute approximate surface area is 150 Å². The van der Waals surface area contributed by atoms with Gasteiger partial charge in [0.25, 0.3) is 0 Å². The van der Waals surface area contributed by atoms with Crippen LogP contribution in [0.5, 0.6) is 0 Å². The lowest BCUT2D eigenvalue weighted by Gasteiger charge is -2.07. The summed E-state index contributed by atoms with van der Waals surface area (Å²) in [5.74, 6) is 0. The van der Waals surface area contributed by atoms with Crippen LogP contribution in [0.4, 0.5) is 11.4 Å². The van der Waals surface area contributed by atoms with Gasteiger partial charge in [-0.25, -0.2) is 4.98 Å². The van der Waals surface area contributed by atoms with Gasteiger partial charge in [-0.05, 0) is 35.9 Å². The van der Waals surface area contributed by atoms with Gasteiger partial charge in [-0.1, -0.05) is 48.5 Å². The molecule has 0 aliphatic heterocycles. The highest BCUT2D eigenvalue weighted by Crippen LogP contribution is 2.35. The van der Waals surface area contributed by atoms with Crippen molar-refractivity contribution in [3.63, 3.8) is 0 Å². The second kappa shape index (κ2) is 7.20. The van der Waals surface area contributed by atoms with Crippen molar-refractivity contribution in [3.05, 3.63) is 90.4 Å². The molecule has 1 aromatic heterocycles. The minimum atomic E-state index is 0.838. The first-order chi connectivity index (χ1) is 12.4. The molecule has 0 amide bonds. The molecule has 3 aromatic carbocycles. The van der Waals surface area contributed by atoms with Crippen molar-refractivity contribution >= 4 is 22.7 Å². The van der Waals surface area contributed by atoms with Crippen LogP contribution in [0, 0.1) is 0 Å². The molecule has 3 nitrogen and oxygen atoms in total. The molecule has 0 radical (unpaired) electrons. The molecule has 120 valence electrons. The molecule has 0 spiro atoms. The maximum Gasteiger partial charge on any atom is 0.123 e. The quantitative estimate of drug-likeness (QED) is 0.372. The topological polar surface area (TPSA) is 37.6 Å². The van der Waals surface area contributed by atoms with E-state index in [1.807, 2.05) is 72.2 Å². The molecule has 4 rings (SSSR count). The van der Waals surface area contributed by atoms with E-state index in [1.54, 1.807) is 11.3 Å². The van der Waals surface area contributed by atoms with Gasteiger partial charge in [-0.15, -0.1) is 16.5 Å². The first-order valence-electron chi connectivity index (χ1n) is 7.96. The van der Waals surface area contributed by atoms with E-state index in [0.29, 0.717) is 0 Å². The van der Waals surface area contributed by atoms with Crippen LogP contribution in [0.2, 0.25) is 0 Å². The molecule has 1 heterocycles. The summed E-state index contributed by atoms with van der Waals surface area (Å²) in [6.07, 6.45) is 1.82. The number of nitrogens with zero attached hydrogens (tertiary/aromatic N) is 3. The van der Waals surface area contributed by atoms with Crippen LogP contribution in [-0.2, 0) is 0 Å². The van der Waals surface area contributed by atoms with Gasteiger partial charge >= 0.3 is 0 Å². The summed E-state index contributed by atoms with van der Waals surface area (Å²) in [6.45, 7) is 0. The van der Waals surface area contributed by atoms with Crippen molar-refractivity contribution in [3.8, 4) is 21.7 Å². The molecular formula is C21H15N3S. The Balaban J connectivity index is 1.79. The molecule has 4 heteroatoms. The predicted octanol–water partition coefficient (Wildman–Crippen LogP) is 6.89. The summed E-state index contributed by atoms with van der Waals surface area (Å²) in [7, 11) is 0. The lowest BCUT2D eigenvalue weighted by molar-refractivity contribution is 1.23. The summed E-state index contributed by atoms with van der Waals surface area (Å²) in [6, 6.07) is 26.2. The monoisotopic (exact) mass is 341 g/mol. The molecule has 0 aliphatic rings. The molecule has 0 saturated heterocycles. The molecule has 0 aliphatic carbocycles. The number of benzene rings is 3. The summed E-state index contributed by atoms with van der Waals surface area (Å²) < 4.78 is 0. The molecule has 0 N–H and O–H groups in total. The number of azo groups is 1. The molecule has 0 unspecified atom stereocenters. The van der Waals surface area contributed by atoms with E-state index in [0.717, 1.165) is 33.1 Å². The smallest absolute Gasteiger partial charge is 0.123 e. The van der Waals surface area contributed by atoms with Crippen LogP contribution in [-0.4, -0.2) is 4.98 Å². The number of hydrogen-bond acceptors (Lipinski definition) is 4. The summed E-state index contributed by atoms with van der Waals surface area (Å²) in [5.41, 5.74) is 4.93. The van der Waals surface area contributed by atoms with Crippen molar-refractivity contribution in [2.75, 3.05) is 0 Å². The average molecular weight is 341 g/mol. The standard InChI is InChI=1S/C21H15N3S/c1-3-7-16(8-4-1)19-15-17(21-22-13-14-25-21)11-12-20(19)24-23-18-9-5-2-6-10-18/h1-15H/b24-23+. The average Bonchev–Trinajstić information content (AvgIpc) is 3.23. The molecule has 4 aromatic rings. The zero-order valence-electron chi connectivity index (χ0n) is 13.4. The third-order valence-electron chi connectivity index (χ3n) is 3.79. The third-order valence-corrected chi connectivity index (χ3v) is 4.61. The normalized spacial score (nSPS) is 11.0. The largest absolute Gasteiger partial charge is 0.245 e. The Kier molecular flexibility index (Phi) is 4.44. The van der Waals surface area contributed by atoms with Crippen molar-refractivity contribution in [1.29, 1.82) is 0 Å². The van der Waals surface area contributed by atoms with Crippen molar-refractivity contribution < 1.29 is 0 Å². The number of hydrogen-bond donors (Lipinski definition) is 0. The van der Waals surface area contributed by atoms with E-state index in [2.05, 4.69) is 33.4 Å². The van der Waals surface area contributed by atoms with E-state index in [4.69, 9.17) is 0 Å². The Hall–Kier alpha value is -3.11. The van der Waals surface area contributed by atoms with E-state index in [9.17, 15) is 0 Å². The van der Waals surface area contributed by atoms with Gasteiger partial charge in [-0.2, -0.15) is 5.11 Å². The zero-order chi connectivity index (χ0) is 16.9. The van der Waals surface area contributed by atoms with Gasteiger partial charge in [0, 0.05) is 22.7 Å². The lowest BCUT2D eigenvalue weighted by Crippen LogP contribution is -1.82. The van der Waals surface area contributed by atoms with E-state index in [1.165, 1.54) is 0 Å². The first-order valence-corrected chi connectivity index (χ1v) is 8.84. The van der Waals surface area contributed by atoms with E-state index < -0.39 is 0 Å². The third kappa shape index (κ3) is 3.54. The highest BCUT2D eigenvalue weighted by molar-refractivity contribution is 7.13. The SMILES string of the molecule is c1ccc(/N=N/c2ccc(-c3nccs3)cc2-c2ccccc2)cc1. The van der Waals surface area contributed by atoms with Crippen LogP contribution in [0.1, 0.15) is 0 Å². The van der Waals surface area contributed by atoms with Gasteiger partial charge < -0.3 is 0 Å². The van der Waals surface area contributed by atoms with Crippen LogP contribution in [0.3, 0.4) is 0 Å². The minimum Gasteiger partial charge on any atom is -0.245 e. The van der Waals surface area contributed by atoms with E-state index in [-0.39, 0.29) is 0 Å². The van der Waals surface area contributed by atoms with Gasteiger partial charge in [0.15, 0.2) is 0 Å². The fourth-order valence-electron chi connectivity index (χ4n) is 2.58. The van der Waals surface area contributed by atoms with Crippen LogP contribution in [0.15, 0.2) is 101 Å². The Morgan fingerprint density at radius 3 is 2.20 bits per heavy atom.